The fraction of sp³-hybridized carbons (Fsp3) is 0.280. The van der Waals surface area contributed by atoms with Gasteiger partial charge in [-0.05, 0) is 73.0 Å². The third-order valence-electron chi connectivity index (χ3n) is 4.72. The molecule has 0 fully saturated rings. The van der Waals surface area contributed by atoms with E-state index < -0.39 is 0 Å². The molecule has 1 N–H and O–H groups in total. The predicted octanol–water partition coefficient (Wildman–Crippen LogP) is 6.31. The van der Waals surface area contributed by atoms with Gasteiger partial charge in [0.25, 0.3) is 0 Å². The van der Waals surface area contributed by atoms with Gasteiger partial charge in [0, 0.05) is 11.6 Å². The highest BCUT2D eigenvalue weighted by molar-refractivity contribution is 6.32. The fourth-order valence-electron chi connectivity index (χ4n) is 3.17. The van der Waals surface area contributed by atoms with Crippen LogP contribution in [0.5, 0.6) is 17.2 Å². The number of halogens is 2. The normalized spacial score (nSPS) is 10.7. The van der Waals surface area contributed by atoms with Gasteiger partial charge in [0.05, 0.1) is 18.7 Å². The molecule has 0 aromatic heterocycles. The Hall–Kier alpha value is -2.40. The third-order valence-corrected chi connectivity index (χ3v) is 5.24. The summed E-state index contributed by atoms with van der Waals surface area (Å²) in [7, 11) is 1.67. The highest BCUT2D eigenvalue weighted by atomic mass is 35.5. The van der Waals surface area contributed by atoms with Crippen molar-refractivity contribution >= 4 is 23.2 Å². The average molecular weight is 460 g/mol. The first-order chi connectivity index (χ1) is 15.1. The summed E-state index contributed by atoms with van der Waals surface area (Å²) in [6.07, 6.45) is 0.927. The molecule has 0 spiro atoms. The summed E-state index contributed by atoms with van der Waals surface area (Å²) in [4.78, 5) is 0. The van der Waals surface area contributed by atoms with Crippen LogP contribution in [0.1, 0.15) is 23.6 Å². The highest BCUT2D eigenvalue weighted by Crippen LogP contribution is 2.37. The summed E-state index contributed by atoms with van der Waals surface area (Å²) < 4.78 is 17.0. The summed E-state index contributed by atoms with van der Waals surface area (Å²) >= 11 is 12.6. The second kappa shape index (κ2) is 11.8. The van der Waals surface area contributed by atoms with Gasteiger partial charge in [-0.1, -0.05) is 47.5 Å². The number of methoxy groups -OCH3 is 1. The minimum absolute atomic E-state index is 0.361. The van der Waals surface area contributed by atoms with Crippen LogP contribution in [0.25, 0.3) is 0 Å². The first-order valence-corrected chi connectivity index (χ1v) is 11.0. The number of hydrogen-bond acceptors (Lipinski definition) is 4. The van der Waals surface area contributed by atoms with Crippen molar-refractivity contribution < 1.29 is 14.2 Å². The predicted molar refractivity (Wildman–Crippen MR) is 127 cm³/mol. The van der Waals surface area contributed by atoms with E-state index >= 15 is 0 Å². The van der Waals surface area contributed by atoms with Gasteiger partial charge in [-0.25, -0.2) is 0 Å². The molecule has 4 nitrogen and oxygen atoms in total. The van der Waals surface area contributed by atoms with E-state index in [-0.39, 0.29) is 0 Å². The standard InChI is InChI=1S/C25H27Cl2NO3/c1-3-30-24-15-20(16-28-12-11-18-7-9-22(29-2)10-8-18)14-23(27)25(24)31-17-19-5-4-6-21(26)13-19/h4-10,13-15,28H,3,11-12,16-17H2,1-2H3. The van der Waals surface area contributed by atoms with Crippen LogP contribution in [0.15, 0.2) is 60.7 Å². The van der Waals surface area contributed by atoms with Gasteiger partial charge in [0.15, 0.2) is 11.5 Å². The molecule has 31 heavy (non-hydrogen) atoms. The molecule has 0 saturated carbocycles. The SMILES string of the molecule is CCOc1cc(CNCCc2ccc(OC)cc2)cc(Cl)c1OCc1cccc(Cl)c1. The monoisotopic (exact) mass is 459 g/mol. The van der Waals surface area contributed by atoms with E-state index in [9.17, 15) is 0 Å². The number of nitrogens with one attached hydrogen (secondary N) is 1. The number of hydrogen-bond donors (Lipinski definition) is 1. The van der Waals surface area contributed by atoms with Crippen LogP contribution in [0.2, 0.25) is 10.0 Å². The van der Waals surface area contributed by atoms with Crippen LogP contribution >= 0.6 is 23.2 Å². The van der Waals surface area contributed by atoms with E-state index in [1.807, 2.05) is 55.5 Å². The van der Waals surface area contributed by atoms with Crippen molar-refractivity contribution in [3.05, 3.63) is 87.4 Å². The van der Waals surface area contributed by atoms with Crippen LogP contribution in [0, 0.1) is 0 Å². The molecule has 6 heteroatoms. The van der Waals surface area contributed by atoms with E-state index in [2.05, 4.69) is 17.4 Å². The molecule has 3 rings (SSSR count). The van der Waals surface area contributed by atoms with Crippen LogP contribution < -0.4 is 19.5 Å². The zero-order chi connectivity index (χ0) is 22.1. The molecule has 0 radical (unpaired) electrons. The smallest absolute Gasteiger partial charge is 0.180 e. The summed E-state index contributed by atoms with van der Waals surface area (Å²) in [6.45, 7) is 4.36. The molecule has 3 aromatic carbocycles. The Balaban J connectivity index is 1.59. The molecule has 0 heterocycles. The van der Waals surface area contributed by atoms with Crippen LogP contribution in [0.3, 0.4) is 0 Å². The first-order valence-electron chi connectivity index (χ1n) is 10.2. The first kappa shape index (κ1) is 23.3. The quantitative estimate of drug-likeness (QED) is 0.341. The zero-order valence-corrected chi connectivity index (χ0v) is 19.3. The summed E-state index contributed by atoms with van der Waals surface area (Å²) in [6, 6.07) is 19.6. The maximum absolute atomic E-state index is 6.53. The van der Waals surface area contributed by atoms with Crippen LogP contribution in [-0.4, -0.2) is 20.3 Å². The Kier molecular flexibility index (Phi) is 8.89. The van der Waals surface area contributed by atoms with Gasteiger partial charge in [-0.15, -0.1) is 0 Å². The maximum atomic E-state index is 6.53. The van der Waals surface area contributed by atoms with Crippen molar-refractivity contribution in [1.82, 2.24) is 5.32 Å². The number of rotatable bonds is 11. The fourth-order valence-corrected chi connectivity index (χ4v) is 3.67. The molecule has 164 valence electrons. The molecule has 3 aromatic rings. The second-order valence-electron chi connectivity index (χ2n) is 7.03. The summed E-state index contributed by atoms with van der Waals surface area (Å²) in [5.74, 6) is 2.06. The summed E-state index contributed by atoms with van der Waals surface area (Å²) in [5, 5.41) is 4.66. The van der Waals surface area contributed by atoms with E-state index in [0.29, 0.717) is 41.3 Å². The lowest BCUT2D eigenvalue weighted by molar-refractivity contribution is 0.269. The van der Waals surface area contributed by atoms with Crippen molar-refractivity contribution in [2.24, 2.45) is 0 Å². The number of benzene rings is 3. The lowest BCUT2D eigenvalue weighted by Crippen LogP contribution is -2.17. The third kappa shape index (κ3) is 7.06. The lowest BCUT2D eigenvalue weighted by Gasteiger charge is -2.16. The second-order valence-corrected chi connectivity index (χ2v) is 7.87. The van der Waals surface area contributed by atoms with E-state index in [1.165, 1.54) is 5.56 Å². The number of ether oxygens (including phenoxy) is 3. The molecular weight excluding hydrogens is 433 g/mol. The van der Waals surface area contributed by atoms with E-state index in [0.717, 1.165) is 29.8 Å². The van der Waals surface area contributed by atoms with Crippen molar-refractivity contribution in [2.75, 3.05) is 20.3 Å². The molecule has 0 atom stereocenters. The van der Waals surface area contributed by atoms with Crippen molar-refractivity contribution in [1.29, 1.82) is 0 Å². The van der Waals surface area contributed by atoms with Gasteiger partial charge in [0.1, 0.15) is 12.4 Å². The minimum Gasteiger partial charge on any atom is -0.497 e. The molecule has 0 aliphatic rings. The van der Waals surface area contributed by atoms with E-state index in [4.69, 9.17) is 37.4 Å². The van der Waals surface area contributed by atoms with Gasteiger partial charge < -0.3 is 19.5 Å². The van der Waals surface area contributed by atoms with Gasteiger partial charge >= 0.3 is 0 Å². The zero-order valence-electron chi connectivity index (χ0n) is 17.8. The van der Waals surface area contributed by atoms with E-state index in [1.54, 1.807) is 7.11 Å². The van der Waals surface area contributed by atoms with Gasteiger partial charge in [-0.2, -0.15) is 0 Å². The Morgan fingerprint density at radius 1 is 0.871 bits per heavy atom. The molecule has 0 amide bonds. The van der Waals surface area contributed by atoms with Gasteiger partial charge in [-0.3, -0.25) is 0 Å². The lowest BCUT2D eigenvalue weighted by atomic mass is 10.1. The molecule has 0 aliphatic carbocycles. The maximum Gasteiger partial charge on any atom is 0.180 e. The van der Waals surface area contributed by atoms with Crippen molar-refractivity contribution in [3.8, 4) is 17.2 Å². The topological polar surface area (TPSA) is 39.7 Å². The molecule has 0 bridgehead atoms. The minimum atomic E-state index is 0.361. The average Bonchev–Trinajstić information content (AvgIpc) is 2.77. The Morgan fingerprint density at radius 2 is 1.68 bits per heavy atom. The Labute approximate surface area is 194 Å². The molecule has 0 saturated heterocycles. The Morgan fingerprint density at radius 3 is 2.39 bits per heavy atom. The van der Waals surface area contributed by atoms with Crippen molar-refractivity contribution in [3.63, 3.8) is 0 Å². The van der Waals surface area contributed by atoms with Crippen LogP contribution in [-0.2, 0) is 19.6 Å². The molecular formula is C25H27Cl2NO3. The summed E-state index contributed by atoms with van der Waals surface area (Å²) in [5.41, 5.74) is 3.26. The molecule has 0 unspecified atom stereocenters. The Bertz CT molecular complexity index is 977. The van der Waals surface area contributed by atoms with Crippen LogP contribution in [0.4, 0.5) is 0 Å². The molecule has 0 aliphatic heterocycles. The van der Waals surface area contributed by atoms with Crippen molar-refractivity contribution in [2.45, 2.75) is 26.5 Å². The largest absolute Gasteiger partial charge is 0.497 e. The van der Waals surface area contributed by atoms with Gasteiger partial charge in [0.2, 0.25) is 0 Å². The highest BCUT2D eigenvalue weighted by Gasteiger charge is 2.13.